The van der Waals surface area contributed by atoms with Crippen LogP contribution in [0.2, 0.25) is 0 Å². The van der Waals surface area contributed by atoms with E-state index < -0.39 is 0 Å². The van der Waals surface area contributed by atoms with Gasteiger partial charge < -0.3 is 5.32 Å². The van der Waals surface area contributed by atoms with Crippen molar-refractivity contribution in [2.75, 3.05) is 5.32 Å². The van der Waals surface area contributed by atoms with Gasteiger partial charge in [0, 0.05) is 21.6 Å². The normalized spacial score (nSPS) is 11.5. The number of hydrogen-bond acceptors (Lipinski definition) is 1. The fourth-order valence-electron chi connectivity index (χ4n) is 1.12. The van der Waals surface area contributed by atoms with Crippen molar-refractivity contribution in [2.24, 2.45) is 5.92 Å². The van der Waals surface area contributed by atoms with Crippen LogP contribution in [0.25, 0.3) is 0 Å². The van der Waals surface area contributed by atoms with Gasteiger partial charge in [0.2, 0.25) is 5.91 Å². The van der Waals surface area contributed by atoms with E-state index in [4.69, 9.17) is 6.42 Å². The molecule has 78 valence electrons. The standard InChI is InChI=1S/C12H12INO/c1-3-9(2)7-12(15)14-11-6-4-5-10(13)8-11/h1,4-6,8-9H,7H2,2H3,(H,14,15). The summed E-state index contributed by atoms with van der Waals surface area (Å²) in [5, 5.41) is 2.81. The van der Waals surface area contributed by atoms with Crippen LogP contribution in [0, 0.1) is 21.8 Å². The number of rotatable bonds is 3. The molecule has 1 atom stereocenters. The lowest BCUT2D eigenvalue weighted by Crippen LogP contribution is -2.14. The number of carbonyl (C=O) groups is 1. The van der Waals surface area contributed by atoms with Gasteiger partial charge in [0.15, 0.2) is 0 Å². The molecular weight excluding hydrogens is 301 g/mol. The average molecular weight is 313 g/mol. The first-order valence-electron chi connectivity index (χ1n) is 4.63. The molecule has 1 rings (SSSR count). The molecular formula is C12H12INO. The van der Waals surface area contributed by atoms with E-state index in [1.807, 2.05) is 31.2 Å². The summed E-state index contributed by atoms with van der Waals surface area (Å²) in [6.45, 7) is 1.86. The topological polar surface area (TPSA) is 29.1 Å². The summed E-state index contributed by atoms with van der Waals surface area (Å²) < 4.78 is 1.09. The summed E-state index contributed by atoms with van der Waals surface area (Å²) in [5.74, 6) is 2.47. The number of amides is 1. The van der Waals surface area contributed by atoms with Crippen LogP contribution < -0.4 is 5.32 Å². The maximum absolute atomic E-state index is 11.5. The Morgan fingerprint density at radius 2 is 2.40 bits per heavy atom. The predicted octanol–water partition coefficient (Wildman–Crippen LogP) is 2.89. The molecule has 15 heavy (non-hydrogen) atoms. The minimum absolute atomic E-state index is 0.0206. The van der Waals surface area contributed by atoms with Gasteiger partial charge in [0.1, 0.15) is 0 Å². The first-order chi connectivity index (χ1) is 7.11. The van der Waals surface area contributed by atoms with E-state index >= 15 is 0 Å². The van der Waals surface area contributed by atoms with Crippen LogP contribution in [-0.4, -0.2) is 5.91 Å². The van der Waals surface area contributed by atoms with E-state index in [1.54, 1.807) is 0 Å². The first-order valence-corrected chi connectivity index (χ1v) is 5.71. The molecule has 0 aliphatic carbocycles. The Labute approximate surface area is 104 Å². The Bertz CT molecular complexity index is 395. The summed E-state index contributed by atoms with van der Waals surface area (Å²) in [7, 11) is 0. The van der Waals surface area contributed by atoms with Gasteiger partial charge in [-0.1, -0.05) is 13.0 Å². The molecule has 0 bridgehead atoms. The van der Waals surface area contributed by atoms with Crippen LogP contribution >= 0.6 is 22.6 Å². The summed E-state index contributed by atoms with van der Waals surface area (Å²) in [5.41, 5.74) is 0.816. The molecule has 0 radical (unpaired) electrons. The van der Waals surface area contributed by atoms with E-state index in [-0.39, 0.29) is 11.8 Å². The van der Waals surface area contributed by atoms with Gasteiger partial charge >= 0.3 is 0 Å². The van der Waals surface area contributed by atoms with Crippen molar-refractivity contribution in [2.45, 2.75) is 13.3 Å². The van der Waals surface area contributed by atoms with E-state index in [1.165, 1.54) is 0 Å². The van der Waals surface area contributed by atoms with Crippen LogP contribution in [0.1, 0.15) is 13.3 Å². The SMILES string of the molecule is C#CC(C)CC(=O)Nc1cccc(I)c1. The Morgan fingerprint density at radius 3 is 3.00 bits per heavy atom. The summed E-state index contributed by atoms with van der Waals surface area (Å²) >= 11 is 2.20. The fraction of sp³-hybridized carbons (Fsp3) is 0.250. The highest BCUT2D eigenvalue weighted by Gasteiger charge is 2.06. The Hall–Kier alpha value is -1.02. The van der Waals surface area contributed by atoms with Crippen molar-refractivity contribution in [1.29, 1.82) is 0 Å². The van der Waals surface area contributed by atoms with Crippen molar-refractivity contribution in [1.82, 2.24) is 0 Å². The van der Waals surface area contributed by atoms with Crippen LogP contribution in [-0.2, 0) is 4.79 Å². The smallest absolute Gasteiger partial charge is 0.225 e. The molecule has 0 saturated carbocycles. The van der Waals surface area contributed by atoms with Gasteiger partial charge in [-0.2, -0.15) is 0 Å². The highest BCUT2D eigenvalue weighted by atomic mass is 127. The molecule has 0 spiro atoms. The molecule has 1 unspecified atom stereocenters. The zero-order valence-electron chi connectivity index (χ0n) is 8.46. The second-order valence-corrected chi connectivity index (χ2v) is 4.58. The van der Waals surface area contributed by atoms with E-state index in [9.17, 15) is 4.79 Å². The number of benzene rings is 1. The lowest BCUT2D eigenvalue weighted by molar-refractivity contribution is -0.116. The third-order valence-electron chi connectivity index (χ3n) is 1.88. The van der Waals surface area contributed by atoms with Gasteiger partial charge in [0.05, 0.1) is 0 Å². The minimum Gasteiger partial charge on any atom is -0.326 e. The molecule has 0 aromatic heterocycles. The third-order valence-corrected chi connectivity index (χ3v) is 2.56. The third kappa shape index (κ3) is 4.34. The number of terminal acetylenes is 1. The lowest BCUT2D eigenvalue weighted by atomic mass is 10.1. The predicted molar refractivity (Wildman–Crippen MR) is 70.4 cm³/mol. The number of carbonyl (C=O) groups excluding carboxylic acids is 1. The fourth-order valence-corrected chi connectivity index (χ4v) is 1.66. The quantitative estimate of drug-likeness (QED) is 0.675. The zero-order chi connectivity index (χ0) is 11.3. The molecule has 0 saturated heterocycles. The highest BCUT2D eigenvalue weighted by Crippen LogP contribution is 2.13. The Balaban J connectivity index is 2.56. The van der Waals surface area contributed by atoms with Crippen LogP contribution in [0.3, 0.4) is 0 Å². The molecule has 0 fully saturated rings. The Morgan fingerprint density at radius 1 is 1.67 bits per heavy atom. The summed E-state index contributed by atoms with van der Waals surface area (Å²) in [6.07, 6.45) is 5.57. The molecule has 0 aliphatic rings. The average Bonchev–Trinajstić information content (AvgIpc) is 2.17. The number of hydrogen-bond donors (Lipinski definition) is 1. The van der Waals surface area contributed by atoms with Crippen molar-refractivity contribution in [3.63, 3.8) is 0 Å². The zero-order valence-corrected chi connectivity index (χ0v) is 10.6. The van der Waals surface area contributed by atoms with Crippen molar-refractivity contribution in [3.05, 3.63) is 27.8 Å². The second kappa shape index (κ2) is 5.76. The summed E-state index contributed by atoms with van der Waals surface area (Å²) in [6, 6.07) is 7.65. The largest absolute Gasteiger partial charge is 0.326 e. The first kappa shape index (κ1) is 12.1. The second-order valence-electron chi connectivity index (χ2n) is 3.33. The molecule has 0 aliphatic heterocycles. The highest BCUT2D eigenvalue weighted by molar-refractivity contribution is 14.1. The van der Waals surface area contributed by atoms with E-state index in [0.717, 1.165) is 9.26 Å². The molecule has 1 aromatic carbocycles. The summed E-state index contributed by atoms with van der Waals surface area (Å²) in [4.78, 5) is 11.5. The van der Waals surface area contributed by atoms with Crippen LogP contribution in [0.4, 0.5) is 5.69 Å². The molecule has 1 aromatic rings. The number of nitrogens with one attached hydrogen (secondary N) is 1. The van der Waals surface area contributed by atoms with Crippen molar-refractivity contribution < 1.29 is 4.79 Å². The van der Waals surface area contributed by atoms with Crippen molar-refractivity contribution >= 4 is 34.2 Å². The van der Waals surface area contributed by atoms with Gasteiger partial charge in [-0.15, -0.1) is 12.3 Å². The minimum atomic E-state index is -0.0394. The van der Waals surface area contributed by atoms with E-state index in [0.29, 0.717) is 6.42 Å². The van der Waals surface area contributed by atoms with E-state index in [2.05, 4.69) is 33.8 Å². The molecule has 2 nitrogen and oxygen atoms in total. The van der Waals surface area contributed by atoms with Crippen LogP contribution in [0.5, 0.6) is 0 Å². The van der Waals surface area contributed by atoms with Gasteiger partial charge in [-0.25, -0.2) is 0 Å². The van der Waals surface area contributed by atoms with Crippen molar-refractivity contribution in [3.8, 4) is 12.3 Å². The number of halogens is 1. The van der Waals surface area contributed by atoms with Gasteiger partial charge in [-0.05, 0) is 40.8 Å². The van der Waals surface area contributed by atoms with Gasteiger partial charge in [-0.3, -0.25) is 4.79 Å². The number of anilines is 1. The molecule has 1 amide bonds. The van der Waals surface area contributed by atoms with Gasteiger partial charge in [0.25, 0.3) is 0 Å². The molecule has 3 heteroatoms. The monoisotopic (exact) mass is 313 g/mol. The maximum Gasteiger partial charge on any atom is 0.225 e. The van der Waals surface area contributed by atoms with Crippen LogP contribution in [0.15, 0.2) is 24.3 Å². The lowest BCUT2D eigenvalue weighted by Gasteiger charge is -2.06. The molecule has 0 heterocycles. The Kier molecular flexibility index (Phi) is 4.63. The maximum atomic E-state index is 11.5. The molecule has 1 N–H and O–H groups in total.